The molecule has 0 atom stereocenters. The van der Waals surface area contributed by atoms with Crippen molar-refractivity contribution in [2.45, 2.75) is 12.8 Å². The van der Waals surface area contributed by atoms with Crippen LogP contribution in [0.5, 0.6) is 0 Å². The van der Waals surface area contributed by atoms with Crippen molar-refractivity contribution in [1.82, 2.24) is 9.97 Å². The molecule has 2 N–H and O–H groups in total. The van der Waals surface area contributed by atoms with E-state index in [1.807, 2.05) is 0 Å². The number of benzene rings is 1. The number of hydrogen-bond donors (Lipinski definition) is 1. The van der Waals surface area contributed by atoms with E-state index >= 15 is 0 Å². The fourth-order valence-electron chi connectivity index (χ4n) is 2.43. The van der Waals surface area contributed by atoms with Crippen molar-refractivity contribution in [1.29, 1.82) is 0 Å². The van der Waals surface area contributed by atoms with Crippen molar-refractivity contribution in [3.05, 3.63) is 46.1 Å². The van der Waals surface area contributed by atoms with Gasteiger partial charge in [-0.15, -0.1) is 0 Å². The van der Waals surface area contributed by atoms with Crippen LogP contribution in [0.4, 0.5) is 11.8 Å². The third-order valence-corrected chi connectivity index (χ3v) is 3.81. The molecule has 0 saturated heterocycles. The van der Waals surface area contributed by atoms with Gasteiger partial charge in [0, 0.05) is 19.2 Å². The number of fused-ring (bicyclic) bond motifs is 1. The van der Waals surface area contributed by atoms with E-state index in [2.05, 4.69) is 55.1 Å². The lowest BCUT2D eigenvalue weighted by Gasteiger charge is -2.20. The fraction of sp³-hybridized carbons (Fsp3) is 0.286. The summed E-state index contributed by atoms with van der Waals surface area (Å²) in [7, 11) is 0. The topological polar surface area (TPSA) is 55.0 Å². The zero-order valence-corrected chi connectivity index (χ0v) is 12.1. The third kappa shape index (κ3) is 2.71. The summed E-state index contributed by atoms with van der Waals surface area (Å²) in [4.78, 5) is 10.9. The van der Waals surface area contributed by atoms with Crippen molar-refractivity contribution in [3.63, 3.8) is 0 Å². The predicted octanol–water partition coefficient (Wildman–Crippen LogP) is 2.43. The summed E-state index contributed by atoms with van der Waals surface area (Å²) in [5, 5.41) is 0. The second-order valence-corrected chi connectivity index (χ2v) is 5.48. The van der Waals surface area contributed by atoms with Gasteiger partial charge >= 0.3 is 0 Å². The lowest BCUT2D eigenvalue weighted by Crippen LogP contribution is -2.28. The van der Waals surface area contributed by atoms with Crippen molar-refractivity contribution >= 4 is 27.7 Å². The first kappa shape index (κ1) is 12.4. The van der Waals surface area contributed by atoms with E-state index in [0.29, 0.717) is 11.8 Å². The molecule has 19 heavy (non-hydrogen) atoms. The molecule has 0 saturated carbocycles. The quantitative estimate of drug-likeness (QED) is 0.820. The van der Waals surface area contributed by atoms with Gasteiger partial charge in [0.05, 0.1) is 0 Å². The van der Waals surface area contributed by atoms with Gasteiger partial charge < -0.3 is 10.6 Å². The molecule has 1 aromatic carbocycles. The average Bonchev–Trinajstić information content (AvgIpc) is 2.60. The van der Waals surface area contributed by atoms with Crippen LogP contribution in [-0.4, -0.2) is 23.1 Å². The second-order valence-electron chi connectivity index (χ2n) is 4.67. The minimum atomic E-state index is 0.499. The van der Waals surface area contributed by atoms with E-state index in [1.165, 1.54) is 11.1 Å². The molecule has 4 nitrogen and oxygen atoms in total. The normalized spacial score (nSPS) is 14.9. The van der Waals surface area contributed by atoms with Gasteiger partial charge in [0.25, 0.3) is 0 Å². The fourth-order valence-corrected chi connectivity index (χ4v) is 2.83. The number of nitrogens with two attached hydrogens (primary N) is 1. The summed E-state index contributed by atoms with van der Waals surface area (Å²) in [6, 6.07) is 10.3. The Morgan fingerprint density at radius 1 is 1.05 bits per heavy atom. The highest BCUT2D eigenvalue weighted by molar-refractivity contribution is 9.10. The van der Waals surface area contributed by atoms with Crippen LogP contribution < -0.4 is 10.6 Å². The summed E-state index contributed by atoms with van der Waals surface area (Å²) in [5.74, 6) is 1.21. The standard InChI is InChI=1S/C14H15BrN4/c15-12-9-13(16)18-14(17-12)19-7-5-10-3-1-2-4-11(10)6-8-19/h1-4,9H,5-8H2,(H2,16,17,18). The van der Waals surface area contributed by atoms with Crippen LogP contribution in [0.1, 0.15) is 11.1 Å². The third-order valence-electron chi connectivity index (χ3n) is 3.41. The molecule has 2 aromatic rings. The largest absolute Gasteiger partial charge is 0.383 e. The Morgan fingerprint density at radius 2 is 1.68 bits per heavy atom. The summed E-state index contributed by atoms with van der Waals surface area (Å²) in [6.07, 6.45) is 2.04. The maximum absolute atomic E-state index is 5.78. The Labute approximate surface area is 120 Å². The first-order chi connectivity index (χ1) is 9.22. The monoisotopic (exact) mass is 318 g/mol. The Hall–Kier alpha value is -1.62. The van der Waals surface area contributed by atoms with Crippen molar-refractivity contribution in [2.75, 3.05) is 23.7 Å². The van der Waals surface area contributed by atoms with Crippen molar-refractivity contribution in [2.24, 2.45) is 0 Å². The Kier molecular flexibility index (Phi) is 3.38. The van der Waals surface area contributed by atoms with E-state index in [4.69, 9.17) is 5.73 Å². The highest BCUT2D eigenvalue weighted by atomic mass is 79.9. The van der Waals surface area contributed by atoms with E-state index in [0.717, 1.165) is 30.5 Å². The average molecular weight is 319 g/mol. The van der Waals surface area contributed by atoms with Gasteiger partial charge in [-0.1, -0.05) is 24.3 Å². The number of anilines is 2. The van der Waals surface area contributed by atoms with Crippen LogP contribution in [0, 0.1) is 0 Å². The molecule has 0 aliphatic carbocycles. The predicted molar refractivity (Wildman–Crippen MR) is 80.2 cm³/mol. The number of rotatable bonds is 1. The van der Waals surface area contributed by atoms with Gasteiger partial charge in [-0.05, 0) is 39.9 Å². The van der Waals surface area contributed by atoms with Crippen LogP contribution in [0.3, 0.4) is 0 Å². The summed E-state index contributed by atoms with van der Waals surface area (Å²) in [5.41, 5.74) is 8.63. The lowest BCUT2D eigenvalue weighted by atomic mass is 10.0. The van der Waals surface area contributed by atoms with Crippen LogP contribution in [0.15, 0.2) is 34.9 Å². The zero-order chi connectivity index (χ0) is 13.2. The number of halogens is 1. The Balaban J connectivity index is 1.85. The van der Waals surface area contributed by atoms with E-state index < -0.39 is 0 Å². The summed E-state index contributed by atoms with van der Waals surface area (Å²) >= 11 is 3.37. The molecule has 98 valence electrons. The SMILES string of the molecule is Nc1cc(Br)nc(N2CCc3ccccc3CC2)n1. The Bertz CT molecular complexity index is 552. The van der Waals surface area contributed by atoms with Gasteiger partial charge in [-0.25, -0.2) is 4.98 Å². The molecule has 0 fully saturated rings. The second kappa shape index (κ2) is 5.17. The maximum Gasteiger partial charge on any atom is 0.228 e. The van der Waals surface area contributed by atoms with Crippen LogP contribution in [0.25, 0.3) is 0 Å². The Morgan fingerprint density at radius 3 is 2.26 bits per heavy atom. The molecule has 3 rings (SSSR count). The van der Waals surface area contributed by atoms with E-state index in [9.17, 15) is 0 Å². The molecular formula is C14H15BrN4. The minimum Gasteiger partial charge on any atom is -0.383 e. The van der Waals surface area contributed by atoms with Gasteiger partial charge in [0.1, 0.15) is 10.4 Å². The van der Waals surface area contributed by atoms with Crippen LogP contribution in [-0.2, 0) is 12.8 Å². The molecule has 0 amide bonds. The van der Waals surface area contributed by atoms with Gasteiger partial charge in [0.2, 0.25) is 5.95 Å². The molecule has 0 unspecified atom stereocenters. The molecule has 5 heteroatoms. The van der Waals surface area contributed by atoms with Crippen molar-refractivity contribution < 1.29 is 0 Å². The van der Waals surface area contributed by atoms with Gasteiger partial charge in [-0.2, -0.15) is 4.98 Å². The molecule has 0 spiro atoms. The molecule has 0 bridgehead atoms. The lowest BCUT2D eigenvalue weighted by molar-refractivity contribution is 0.771. The smallest absolute Gasteiger partial charge is 0.228 e. The first-order valence-electron chi connectivity index (χ1n) is 6.34. The summed E-state index contributed by atoms with van der Waals surface area (Å²) in [6.45, 7) is 1.85. The molecule has 0 radical (unpaired) electrons. The van der Waals surface area contributed by atoms with E-state index in [1.54, 1.807) is 6.07 Å². The maximum atomic E-state index is 5.78. The molecule has 2 heterocycles. The molecule has 1 aliphatic heterocycles. The summed E-state index contributed by atoms with van der Waals surface area (Å²) < 4.78 is 0.733. The van der Waals surface area contributed by atoms with Crippen LogP contribution in [0.2, 0.25) is 0 Å². The number of nitrogens with zero attached hydrogens (tertiary/aromatic N) is 3. The van der Waals surface area contributed by atoms with Gasteiger partial charge in [0.15, 0.2) is 0 Å². The van der Waals surface area contributed by atoms with Crippen molar-refractivity contribution in [3.8, 4) is 0 Å². The minimum absolute atomic E-state index is 0.499. The van der Waals surface area contributed by atoms with Crippen LogP contribution >= 0.6 is 15.9 Å². The van der Waals surface area contributed by atoms with Gasteiger partial charge in [-0.3, -0.25) is 0 Å². The molecule has 1 aliphatic rings. The first-order valence-corrected chi connectivity index (χ1v) is 7.13. The molecular weight excluding hydrogens is 304 g/mol. The molecule has 1 aromatic heterocycles. The number of hydrogen-bond acceptors (Lipinski definition) is 4. The highest BCUT2D eigenvalue weighted by Gasteiger charge is 2.16. The number of aromatic nitrogens is 2. The van der Waals surface area contributed by atoms with E-state index in [-0.39, 0.29) is 0 Å². The highest BCUT2D eigenvalue weighted by Crippen LogP contribution is 2.20. The number of nitrogen functional groups attached to an aromatic ring is 1. The zero-order valence-electron chi connectivity index (χ0n) is 10.5.